The summed E-state index contributed by atoms with van der Waals surface area (Å²) in [6.07, 6.45) is 7.59. The third-order valence-electron chi connectivity index (χ3n) is 2.38. The van der Waals surface area contributed by atoms with Crippen molar-refractivity contribution >= 4 is 5.97 Å². The first-order valence-corrected chi connectivity index (χ1v) is 6.18. The van der Waals surface area contributed by atoms with Crippen LogP contribution in [0.5, 0.6) is 0 Å². The average molecular weight is 232 g/mol. The van der Waals surface area contributed by atoms with Gasteiger partial charge in [0.1, 0.15) is 0 Å². The maximum absolute atomic E-state index is 10.8. The highest BCUT2D eigenvalue weighted by molar-refractivity contribution is 5.69. The number of hydrogen-bond acceptors (Lipinski definition) is 4. The quantitative estimate of drug-likeness (QED) is 0.420. The molecule has 0 rings (SSSR count). The summed E-state index contributed by atoms with van der Waals surface area (Å²) >= 11 is 0. The summed E-state index contributed by atoms with van der Waals surface area (Å²) in [5, 5.41) is 17.0. The lowest BCUT2D eigenvalue weighted by atomic mass is 10.1. The molecule has 0 saturated heterocycles. The van der Waals surface area contributed by atoms with E-state index in [1.54, 1.807) is 0 Å². The Morgan fingerprint density at radius 3 is 1.94 bits per heavy atom. The van der Waals surface area contributed by atoms with Crippen LogP contribution in [0.4, 0.5) is 0 Å². The monoisotopic (exact) mass is 232 g/mol. The summed E-state index contributed by atoms with van der Waals surface area (Å²) < 4.78 is 4.90. The molecule has 0 aliphatic rings. The van der Waals surface area contributed by atoms with Gasteiger partial charge in [-0.05, 0) is 12.8 Å². The van der Waals surface area contributed by atoms with E-state index in [1.165, 1.54) is 12.8 Å². The fourth-order valence-electron chi connectivity index (χ4n) is 1.45. The van der Waals surface area contributed by atoms with E-state index in [-0.39, 0.29) is 19.0 Å². The lowest BCUT2D eigenvalue weighted by Crippen LogP contribution is -2.07. The van der Waals surface area contributed by atoms with E-state index >= 15 is 0 Å². The van der Waals surface area contributed by atoms with Gasteiger partial charge >= 0.3 is 5.97 Å². The van der Waals surface area contributed by atoms with E-state index in [1.807, 2.05) is 0 Å². The van der Waals surface area contributed by atoms with Gasteiger partial charge in [0.05, 0.1) is 19.6 Å². The van der Waals surface area contributed by atoms with Crippen molar-refractivity contribution in [1.29, 1.82) is 0 Å². The van der Waals surface area contributed by atoms with Gasteiger partial charge in [-0.25, -0.2) is 0 Å². The maximum Gasteiger partial charge on any atom is 0.308 e. The van der Waals surface area contributed by atoms with Crippen molar-refractivity contribution in [2.45, 2.75) is 51.4 Å². The largest absolute Gasteiger partial charge is 0.466 e. The first-order chi connectivity index (χ1) is 7.81. The van der Waals surface area contributed by atoms with Gasteiger partial charge < -0.3 is 14.9 Å². The molecule has 0 fully saturated rings. The number of ether oxygens (including phenoxy) is 1. The van der Waals surface area contributed by atoms with Crippen LogP contribution in [0.1, 0.15) is 51.4 Å². The van der Waals surface area contributed by atoms with Crippen LogP contribution < -0.4 is 0 Å². The minimum atomic E-state index is -0.314. The molecule has 0 atom stereocenters. The zero-order valence-corrected chi connectivity index (χ0v) is 9.99. The number of aliphatic hydroxyl groups excluding tert-OH is 2. The molecule has 0 unspecified atom stereocenters. The molecule has 0 aromatic rings. The van der Waals surface area contributed by atoms with E-state index in [4.69, 9.17) is 14.9 Å². The van der Waals surface area contributed by atoms with Gasteiger partial charge in [0.25, 0.3) is 0 Å². The van der Waals surface area contributed by atoms with Crippen molar-refractivity contribution < 1.29 is 19.7 Å². The highest BCUT2D eigenvalue weighted by atomic mass is 16.5. The highest BCUT2D eigenvalue weighted by Crippen LogP contribution is 2.07. The van der Waals surface area contributed by atoms with Crippen LogP contribution in [-0.2, 0) is 9.53 Å². The summed E-state index contributed by atoms with van der Waals surface area (Å²) in [6, 6.07) is 0. The first-order valence-electron chi connectivity index (χ1n) is 6.18. The Balaban J connectivity index is 3.01. The third kappa shape index (κ3) is 11.5. The number of esters is 1. The first kappa shape index (κ1) is 15.4. The van der Waals surface area contributed by atoms with Crippen LogP contribution in [0, 0.1) is 0 Å². The van der Waals surface area contributed by atoms with Gasteiger partial charge in [0, 0.05) is 6.61 Å². The lowest BCUT2D eigenvalue weighted by molar-refractivity contribution is -0.144. The second-order valence-corrected chi connectivity index (χ2v) is 3.89. The number of unbranched alkanes of at least 4 members (excludes halogenated alkanes) is 6. The highest BCUT2D eigenvalue weighted by Gasteiger charge is 2.00. The SMILES string of the molecule is O=C(CCO)OCCCCCCCCCO. The molecule has 4 nitrogen and oxygen atoms in total. The molecule has 4 heteroatoms. The zero-order valence-electron chi connectivity index (χ0n) is 9.99. The molecular formula is C12H24O4. The van der Waals surface area contributed by atoms with Crippen molar-refractivity contribution in [1.82, 2.24) is 0 Å². The van der Waals surface area contributed by atoms with Crippen LogP contribution in [0.25, 0.3) is 0 Å². The summed E-state index contributed by atoms with van der Waals surface area (Å²) in [5.74, 6) is -0.314. The lowest BCUT2D eigenvalue weighted by Gasteiger charge is -2.03. The summed E-state index contributed by atoms with van der Waals surface area (Å²) in [5.41, 5.74) is 0. The van der Waals surface area contributed by atoms with E-state index in [0.29, 0.717) is 13.2 Å². The van der Waals surface area contributed by atoms with Crippen molar-refractivity contribution in [3.05, 3.63) is 0 Å². The van der Waals surface area contributed by atoms with E-state index in [9.17, 15) is 4.79 Å². The van der Waals surface area contributed by atoms with E-state index in [2.05, 4.69) is 0 Å². The number of hydrogen-bond donors (Lipinski definition) is 2. The fraction of sp³-hybridized carbons (Fsp3) is 0.917. The van der Waals surface area contributed by atoms with Gasteiger partial charge in [-0.2, -0.15) is 0 Å². The maximum atomic E-state index is 10.8. The molecule has 0 aromatic carbocycles. The predicted molar refractivity (Wildman–Crippen MR) is 62.1 cm³/mol. The number of carbonyl (C=O) groups excluding carboxylic acids is 1. The minimum absolute atomic E-state index is 0.0984. The molecule has 0 heterocycles. The molecule has 0 aliphatic heterocycles. The summed E-state index contributed by atoms with van der Waals surface area (Å²) in [7, 11) is 0. The van der Waals surface area contributed by atoms with Gasteiger partial charge in [0.15, 0.2) is 0 Å². The van der Waals surface area contributed by atoms with Crippen LogP contribution >= 0.6 is 0 Å². The molecule has 0 bridgehead atoms. The summed E-state index contributed by atoms with van der Waals surface area (Å²) in [4.78, 5) is 10.8. The van der Waals surface area contributed by atoms with Crippen molar-refractivity contribution in [2.24, 2.45) is 0 Å². The molecule has 0 saturated carbocycles. The fourth-order valence-corrected chi connectivity index (χ4v) is 1.45. The molecule has 0 amide bonds. The van der Waals surface area contributed by atoms with E-state index < -0.39 is 0 Å². The second-order valence-electron chi connectivity index (χ2n) is 3.89. The number of aliphatic hydroxyl groups is 2. The van der Waals surface area contributed by atoms with Gasteiger partial charge in [-0.3, -0.25) is 4.79 Å². The average Bonchev–Trinajstić information content (AvgIpc) is 2.27. The van der Waals surface area contributed by atoms with Gasteiger partial charge in [-0.1, -0.05) is 32.1 Å². The molecule has 96 valence electrons. The second kappa shape index (κ2) is 12.5. The topological polar surface area (TPSA) is 66.8 Å². The van der Waals surface area contributed by atoms with E-state index in [0.717, 1.165) is 32.1 Å². The Kier molecular flexibility index (Phi) is 12.0. The van der Waals surface area contributed by atoms with Crippen molar-refractivity contribution in [2.75, 3.05) is 19.8 Å². The van der Waals surface area contributed by atoms with Crippen LogP contribution in [0.15, 0.2) is 0 Å². The summed E-state index contributed by atoms with van der Waals surface area (Å²) in [6.45, 7) is 0.625. The van der Waals surface area contributed by atoms with Gasteiger partial charge in [-0.15, -0.1) is 0 Å². The number of carbonyl (C=O) groups is 1. The van der Waals surface area contributed by atoms with Crippen molar-refractivity contribution in [3.8, 4) is 0 Å². The standard InChI is InChI=1S/C12H24O4/c13-9-6-4-2-1-3-5-7-11-16-12(15)8-10-14/h13-14H,1-11H2. The van der Waals surface area contributed by atoms with Crippen molar-refractivity contribution in [3.63, 3.8) is 0 Å². The molecule has 0 radical (unpaired) electrons. The molecular weight excluding hydrogens is 208 g/mol. The van der Waals surface area contributed by atoms with Crippen LogP contribution in [0.3, 0.4) is 0 Å². The Bertz CT molecular complexity index is 159. The molecule has 2 N–H and O–H groups in total. The third-order valence-corrected chi connectivity index (χ3v) is 2.38. The predicted octanol–water partition coefficient (Wildman–Crippen LogP) is 1.64. The molecule has 0 aromatic heterocycles. The Morgan fingerprint density at radius 2 is 1.38 bits per heavy atom. The molecule has 0 aliphatic carbocycles. The smallest absolute Gasteiger partial charge is 0.308 e. The Morgan fingerprint density at radius 1 is 0.812 bits per heavy atom. The Hall–Kier alpha value is -0.610. The number of rotatable bonds is 11. The van der Waals surface area contributed by atoms with Gasteiger partial charge in [0.2, 0.25) is 0 Å². The van der Waals surface area contributed by atoms with Crippen LogP contribution in [-0.4, -0.2) is 36.0 Å². The molecule has 0 spiro atoms. The normalized spacial score (nSPS) is 10.4. The zero-order chi connectivity index (χ0) is 12.1. The molecule has 16 heavy (non-hydrogen) atoms. The van der Waals surface area contributed by atoms with Crippen LogP contribution in [0.2, 0.25) is 0 Å². The Labute approximate surface area is 97.6 Å². The minimum Gasteiger partial charge on any atom is -0.466 e.